The number of carbonyl (C=O) groups is 1. The molecule has 0 aliphatic heterocycles. The summed E-state index contributed by atoms with van der Waals surface area (Å²) in [6, 6.07) is 0. The van der Waals surface area contributed by atoms with Gasteiger partial charge in [-0.3, -0.25) is 4.79 Å². The number of unbranched alkanes of at least 4 members (excludes halogenated alkanes) is 16. The van der Waals surface area contributed by atoms with Crippen molar-refractivity contribution in [1.29, 1.82) is 0 Å². The summed E-state index contributed by atoms with van der Waals surface area (Å²) >= 11 is 0. The van der Waals surface area contributed by atoms with Crippen LogP contribution >= 0.6 is 0 Å². The summed E-state index contributed by atoms with van der Waals surface area (Å²) < 4.78 is 0. The topological polar surface area (TPSA) is 37.3 Å². The van der Waals surface area contributed by atoms with Crippen LogP contribution in [0.4, 0.5) is 0 Å². The molecule has 190 valence electrons. The lowest BCUT2D eigenvalue weighted by atomic mass is 9.88. The van der Waals surface area contributed by atoms with E-state index < -0.39 is 5.97 Å². The lowest BCUT2D eigenvalue weighted by Gasteiger charge is -2.17. The maximum Gasteiger partial charge on any atom is 0.306 e. The highest BCUT2D eigenvalue weighted by Crippen LogP contribution is 2.24. The molecule has 0 aromatic heterocycles. The Morgan fingerprint density at radius 2 is 1.03 bits per heavy atom. The van der Waals surface area contributed by atoms with Crippen molar-refractivity contribution in [2.75, 3.05) is 0 Å². The van der Waals surface area contributed by atoms with Crippen LogP contribution in [-0.2, 0) is 4.79 Å². The number of rotatable bonds is 25. The van der Waals surface area contributed by atoms with Crippen molar-refractivity contribution >= 4 is 5.97 Å². The third-order valence-corrected chi connectivity index (χ3v) is 6.90. The van der Waals surface area contributed by atoms with Gasteiger partial charge in [0, 0.05) is 0 Å². The molecule has 0 aromatic rings. The number of allylic oxidation sites excluding steroid dienone is 2. The van der Waals surface area contributed by atoms with Gasteiger partial charge in [-0.2, -0.15) is 0 Å². The number of carboxylic acid groups (broad SMARTS) is 1. The van der Waals surface area contributed by atoms with Crippen LogP contribution in [0, 0.1) is 11.8 Å². The van der Waals surface area contributed by atoms with Crippen LogP contribution in [0.5, 0.6) is 0 Å². The summed E-state index contributed by atoms with van der Waals surface area (Å²) in [4.78, 5) is 11.7. The highest BCUT2D eigenvalue weighted by molar-refractivity contribution is 5.69. The van der Waals surface area contributed by atoms with Gasteiger partial charge in [0.05, 0.1) is 5.92 Å². The van der Waals surface area contributed by atoms with Crippen LogP contribution in [0.25, 0.3) is 0 Å². The molecule has 0 saturated carbocycles. The highest BCUT2D eigenvalue weighted by atomic mass is 16.4. The highest BCUT2D eigenvalue weighted by Gasteiger charge is 2.19. The molecule has 0 radical (unpaired) electrons. The molecule has 0 spiro atoms. The van der Waals surface area contributed by atoms with Gasteiger partial charge in [-0.25, -0.2) is 0 Å². The third kappa shape index (κ3) is 22.4. The quantitative estimate of drug-likeness (QED) is 0.111. The number of hydrogen-bond acceptors (Lipinski definition) is 1. The van der Waals surface area contributed by atoms with E-state index in [2.05, 4.69) is 32.9 Å². The molecule has 0 amide bonds. The lowest BCUT2D eigenvalue weighted by Crippen LogP contribution is -2.17. The van der Waals surface area contributed by atoms with Crippen molar-refractivity contribution in [3.8, 4) is 0 Å². The van der Waals surface area contributed by atoms with Gasteiger partial charge in [0.25, 0.3) is 0 Å². The first-order valence-corrected chi connectivity index (χ1v) is 14.5. The van der Waals surface area contributed by atoms with E-state index in [4.69, 9.17) is 0 Å². The maximum absolute atomic E-state index is 11.7. The second-order valence-corrected chi connectivity index (χ2v) is 10.3. The molecule has 0 aliphatic carbocycles. The largest absolute Gasteiger partial charge is 0.481 e. The molecule has 0 aliphatic rings. The van der Waals surface area contributed by atoms with Gasteiger partial charge in [-0.05, 0) is 44.4 Å². The molecule has 0 saturated heterocycles. The smallest absolute Gasteiger partial charge is 0.306 e. The first kappa shape index (κ1) is 31.2. The SMILES string of the molecule is CCCCCCCC/C=C\CCCCCCC(CC(C)CCCCCCCCC)C(=O)O. The lowest BCUT2D eigenvalue weighted by molar-refractivity contribution is -0.142. The zero-order valence-corrected chi connectivity index (χ0v) is 22.2. The summed E-state index contributed by atoms with van der Waals surface area (Å²) in [6.45, 7) is 6.79. The fourth-order valence-corrected chi connectivity index (χ4v) is 4.68. The van der Waals surface area contributed by atoms with Crippen molar-refractivity contribution in [3.63, 3.8) is 0 Å². The zero-order chi connectivity index (χ0) is 23.7. The van der Waals surface area contributed by atoms with Crippen molar-refractivity contribution in [2.24, 2.45) is 11.8 Å². The maximum atomic E-state index is 11.7. The molecule has 2 heteroatoms. The average molecular weight is 451 g/mol. The Morgan fingerprint density at radius 3 is 1.50 bits per heavy atom. The minimum Gasteiger partial charge on any atom is -0.481 e. The Hall–Kier alpha value is -0.790. The predicted molar refractivity (Wildman–Crippen MR) is 142 cm³/mol. The molecule has 0 bridgehead atoms. The van der Waals surface area contributed by atoms with Crippen LogP contribution in [0.1, 0.15) is 162 Å². The molecule has 0 fully saturated rings. The van der Waals surface area contributed by atoms with E-state index in [9.17, 15) is 9.90 Å². The molecule has 2 unspecified atom stereocenters. The Labute approximate surface area is 202 Å². The van der Waals surface area contributed by atoms with E-state index in [1.54, 1.807) is 0 Å². The number of aliphatic carboxylic acids is 1. The molecule has 32 heavy (non-hydrogen) atoms. The fourth-order valence-electron chi connectivity index (χ4n) is 4.68. The molecule has 0 aromatic carbocycles. The predicted octanol–water partition coefficient (Wildman–Crippen LogP) is 10.5. The van der Waals surface area contributed by atoms with Crippen LogP contribution < -0.4 is 0 Å². The van der Waals surface area contributed by atoms with Crippen LogP contribution in [0.15, 0.2) is 12.2 Å². The van der Waals surface area contributed by atoms with Crippen molar-refractivity contribution in [1.82, 2.24) is 0 Å². The van der Waals surface area contributed by atoms with E-state index in [0.717, 1.165) is 19.3 Å². The summed E-state index contributed by atoms with van der Waals surface area (Å²) in [5.74, 6) is -0.163. The number of hydrogen-bond donors (Lipinski definition) is 1. The van der Waals surface area contributed by atoms with Crippen molar-refractivity contribution in [2.45, 2.75) is 162 Å². The van der Waals surface area contributed by atoms with Gasteiger partial charge < -0.3 is 5.11 Å². The van der Waals surface area contributed by atoms with E-state index in [-0.39, 0.29) is 5.92 Å². The first-order valence-electron chi connectivity index (χ1n) is 14.5. The van der Waals surface area contributed by atoms with Gasteiger partial charge in [0.1, 0.15) is 0 Å². The zero-order valence-electron chi connectivity index (χ0n) is 22.2. The van der Waals surface area contributed by atoms with Crippen LogP contribution in [-0.4, -0.2) is 11.1 Å². The molecule has 2 nitrogen and oxygen atoms in total. The normalized spacial score (nSPS) is 13.6. The molecule has 1 N–H and O–H groups in total. The summed E-state index contributed by atoms with van der Waals surface area (Å²) in [5.41, 5.74) is 0. The van der Waals surface area contributed by atoms with Gasteiger partial charge in [0.15, 0.2) is 0 Å². The number of carboxylic acids is 1. The second kappa shape index (κ2) is 24.8. The second-order valence-electron chi connectivity index (χ2n) is 10.3. The minimum absolute atomic E-state index is 0.133. The Bertz CT molecular complexity index is 415. The average Bonchev–Trinajstić information content (AvgIpc) is 2.77. The Balaban J connectivity index is 3.64. The minimum atomic E-state index is -0.575. The van der Waals surface area contributed by atoms with Crippen LogP contribution in [0.3, 0.4) is 0 Å². The molecular formula is C30H58O2. The third-order valence-electron chi connectivity index (χ3n) is 6.90. The van der Waals surface area contributed by atoms with Crippen molar-refractivity contribution < 1.29 is 9.90 Å². The molecule has 0 rings (SSSR count). The van der Waals surface area contributed by atoms with Crippen LogP contribution in [0.2, 0.25) is 0 Å². The summed E-state index contributed by atoms with van der Waals surface area (Å²) in [5, 5.41) is 9.61. The van der Waals surface area contributed by atoms with E-state index >= 15 is 0 Å². The van der Waals surface area contributed by atoms with Gasteiger partial charge in [-0.15, -0.1) is 0 Å². The standard InChI is InChI=1S/C30H58O2/c1-4-6-8-10-12-13-14-15-16-17-18-20-22-24-26-29(30(31)32)27-28(3)25-23-21-19-11-9-7-5-2/h15-16,28-29H,4-14,17-27H2,1-3H3,(H,31,32)/b16-15-. The Kier molecular flexibility index (Phi) is 24.2. The van der Waals surface area contributed by atoms with E-state index in [0.29, 0.717) is 5.92 Å². The first-order chi connectivity index (χ1) is 15.6. The van der Waals surface area contributed by atoms with Gasteiger partial charge in [-0.1, -0.05) is 136 Å². The van der Waals surface area contributed by atoms with E-state index in [1.165, 1.54) is 122 Å². The monoisotopic (exact) mass is 450 g/mol. The summed E-state index contributed by atoms with van der Waals surface area (Å²) in [7, 11) is 0. The van der Waals surface area contributed by atoms with Crippen molar-refractivity contribution in [3.05, 3.63) is 12.2 Å². The molecule has 0 heterocycles. The fraction of sp³-hybridized carbons (Fsp3) is 0.900. The van der Waals surface area contributed by atoms with E-state index in [1.807, 2.05) is 0 Å². The molecular weight excluding hydrogens is 392 g/mol. The summed E-state index contributed by atoms with van der Waals surface area (Å²) in [6.07, 6.45) is 32.4. The Morgan fingerprint density at radius 1 is 0.625 bits per heavy atom. The molecule has 2 atom stereocenters. The van der Waals surface area contributed by atoms with Gasteiger partial charge in [0.2, 0.25) is 0 Å². The van der Waals surface area contributed by atoms with Gasteiger partial charge >= 0.3 is 5.97 Å².